The lowest BCUT2D eigenvalue weighted by Gasteiger charge is -2.19. The van der Waals surface area contributed by atoms with Gasteiger partial charge in [-0.15, -0.1) is 0 Å². The molecular formula is C26H19BrN2OS. The van der Waals surface area contributed by atoms with Gasteiger partial charge in [0.1, 0.15) is 0 Å². The zero-order valence-corrected chi connectivity index (χ0v) is 19.2. The van der Waals surface area contributed by atoms with E-state index >= 15 is 0 Å². The third-order valence-corrected chi connectivity index (χ3v) is 6.81. The highest BCUT2D eigenvalue weighted by Crippen LogP contribution is 2.27. The van der Waals surface area contributed by atoms with E-state index in [0.717, 1.165) is 31.7 Å². The van der Waals surface area contributed by atoms with Gasteiger partial charge in [-0.2, -0.15) is 0 Å². The van der Waals surface area contributed by atoms with E-state index in [1.807, 2.05) is 48.5 Å². The molecule has 1 atom stereocenters. The molecule has 0 radical (unpaired) electrons. The number of rotatable bonds is 3. The first-order valence-electron chi connectivity index (χ1n) is 10.00. The number of aromatic nitrogens is 1. The number of benzene rings is 3. The first-order chi connectivity index (χ1) is 15.1. The SMILES string of the molecule is Cc1ccc(C=c2sc3n(c2=O)C(c2ccc(Br)cc2)C=C(c2ccccc2)N=3)cc1. The molecule has 0 amide bonds. The molecule has 1 unspecified atom stereocenters. The summed E-state index contributed by atoms with van der Waals surface area (Å²) in [6.07, 6.45) is 4.03. The second-order valence-electron chi connectivity index (χ2n) is 7.51. The maximum Gasteiger partial charge on any atom is 0.271 e. The van der Waals surface area contributed by atoms with Crippen LogP contribution in [-0.4, -0.2) is 4.57 Å². The molecule has 0 fully saturated rings. The van der Waals surface area contributed by atoms with E-state index in [0.29, 0.717) is 4.53 Å². The Hall–Kier alpha value is -3.02. The van der Waals surface area contributed by atoms with Crippen molar-refractivity contribution in [2.24, 2.45) is 4.99 Å². The summed E-state index contributed by atoms with van der Waals surface area (Å²) in [7, 11) is 0. The van der Waals surface area contributed by atoms with Crippen LogP contribution in [0.15, 0.2) is 99.2 Å². The van der Waals surface area contributed by atoms with Gasteiger partial charge in [-0.25, -0.2) is 4.99 Å². The molecule has 1 aromatic heterocycles. The summed E-state index contributed by atoms with van der Waals surface area (Å²) in [5.41, 5.74) is 5.17. The van der Waals surface area contributed by atoms with Crippen LogP contribution in [-0.2, 0) is 0 Å². The number of halogens is 1. The van der Waals surface area contributed by atoms with E-state index in [4.69, 9.17) is 4.99 Å². The Morgan fingerprint density at radius 1 is 0.968 bits per heavy atom. The number of fused-ring (bicyclic) bond motifs is 1. The highest BCUT2D eigenvalue weighted by molar-refractivity contribution is 9.10. The van der Waals surface area contributed by atoms with Crippen LogP contribution >= 0.6 is 27.3 Å². The van der Waals surface area contributed by atoms with E-state index in [9.17, 15) is 4.79 Å². The summed E-state index contributed by atoms with van der Waals surface area (Å²) in [5.74, 6) is 0. The van der Waals surface area contributed by atoms with E-state index in [2.05, 4.69) is 65.3 Å². The Bertz CT molecular complexity index is 1450. The molecule has 4 aromatic rings. The smallest absolute Gasteiger partial charge is 0.271 e. The largest absolute Gasteiger partial charge is 0.272 e. The number of hydrogen-bond donors (Lipinski definition) is 0. The van der Waals surface area contributed by atoms with Gasteiger partial charge in [-0.1, -0.05) is 99.6 Å². The van der Waals surface area contributed by atoms with Crippen molar-refractivity contribution in [3.05, 3.63) is 131 Å². The average molecular weight is 487 g/mol. The second kappa shape index (κ2) is 8.25. The number of nitrogens with zero attached hydrogens (tertiary/aromatic N) is 2. The lowest BCUT2D eigenvalue weighted by Crippen LogP contribution is -2.36. The summed E-state index contributed by atoms with van der Waals surface area (Å²) in [5, 5.41) is 0. The van der Waals surface area contributed by atoms with Crippen molar-refractivity contribution < 1.29 is 0 Å². The monoisotopic (exact) mass is 486 g/mol. The highest BCUT2D eigenvalue weighted by Gasteiger charge is 2.22. The van der Waals surface area contributed by atoms with Gasteiger partial charge in [-0.05, 0) is 47.9 Å². The molecule has 0 saturated heterocycles. The predicted molar refractivity (Wildman–Crippen MR) is 131 cm³/mol. The minimum atomic E-state index is -0.209. The van der Waals surface area contributed by atoms with Gasteiger partial charge in [-0.3, -0.25) is 9.36 Å². The molecular weight excluding hydrogens is 468 g/mol. The molecule has 1 aliphatic rings. The predicted octanol–water partition coefficient (Wildman–Crippen LogP) is 5.07. The number of hydrogen-bond acceptors (Lipinski definition) is 3. The maximum atomic E-state index is 13.4. The minimum absolute atomic E-state index is 0.0133. The maximum absolute atomic E-state index is 13.4. The quantitative estimate of drug-likeness (QED) is 0.397. The van der Waals surface area contributed by atoms with Crippen molar-refractivity contribution in [2.45, 2.75) is 13.0 Å². The van der Waals surface area contributed by atoms with Crippen molar-refractivity contribution in [2.75, 3.05) is 0 Å². The van der Waals surface area contributed by atoms with Gasteiger partial charge in [0.25, 0.3) is 5.56 Å². The van der Waals surface area contributed by atoms with Crippen molar-refractivity contribution in [1.29, 1.82) is 0 Å². The van der Waals surface area contributed by atoms with Crippen molar-refractivity contribution in [3.63, 3.8) is 0 Å². The summed E-state index contributed by atoms with van der Waals surface area (Å²) in [4.78, 5) is 19.0. The van der Waals surface area contributed by atoms with Crippen molar-refractivity contribution in [3.8, 4) is 0 Å². The average Bonchev–Trinajstić information content (AvgIpc) is 3.11. The fraction of sp³-hybridized carbons (Fsp3) is 0.0769. The topological polar surface area (TPSA) is 34.4 Å². The van der Waals surface area contributed by atoms with Crippen molar-refractivity contribution in [1.82, 2.24) is 4.57 Å². The lowest BCUT2D eigenvalue weighted by atomic mass is 10.0. The molecule has 5 heteroatoms. The molecule has 0 aliphatic carbocycles. The molecule has 2 heterocycles. The van der Waals surface area contributed by atoms with E-state index in [1.165, 1.54) is 16.9 Å². The Labute approximate surface area is 192 Å². The lowest BCUT2D eigenvalue weighted by molar-refractivity contribution is 0.644. The van der Waals surface area contributed by atoms with Gasteiger partial charge in [0.05, 0.1) is 16.3 Å². The van der Waals surface area contributed by atoms with E-state index < -0.39 is 0 Å². The fourth-order valence-corrected chi connectivity index (χ4v) is 4.94. The van der Waals surface area contributed by atoms with Crippen LogP contribution in [0, 0.1) is 6.92 Å². The first-order valence-corrected chi connectivity index (χ1v) is 11.6. The molecule has 3 aromatic carbocycles. The fourth-order valence-electron chi connectivity index (χ4n) is 3.66. The number of allylic oxidation sites excluding steroid dienone is 1. The standard InChI is InChI=1S/C26H19BrN2OS/c1-17-7-9-18(10-8-17)15-24-25(30)29-23(20-11-13-21(27)14-12-20)16-22(28-26(29)31-24)19-5-3-2-4-6-19/h2-16,23H,1H3. The summed E-state index contributed by atoms with van der Waals surface area (Å²) in [6, 6.07) is 26.2. The van der Waals surface area contributed by atoms with Crippen LogP contribution < -0.4 is 14.9 Å². The first kappa shape index (κ1) is 19.9. The van der Waals surface area contributed by atoms with Gasteiger partial charge >= 0.3 is 0 Å². The molecule has 152 valence electrons. The molecule has 5 rings (SSSR count). The van der Waals surface area contributed by atoms with Crippen LogP contribution in [0.3, 0.4) is 0 Å². The zero-order chi connectivity index (χ0) is 21.4. The van der Waals surface area contributed by atoms with Crippen molar-refractivity contribution >= 4 is 39.0 Å². The molecule has 31 heavy (non-hydrogen) atoms. The van der Waals surface area contributed by atoms with Crippen LogP contribution in [0.1, 0.15) is 28.3 Å². The Morgan fingerprint density at radius 3 is 2.39 bits per heavy atom. The molecule has 0 spiro atoms. The zero-order valence-electron chi connectivity index (χ0n) is 16.8. The third-order valence-electron chi connectivity index (χ3n) is 5.30. The van der Waals surface area contributed by atoms with Crippen LogP contribution in [0.25, 0.3) is 11.8 Å². The van der Waals surface area contributed by atoms with Gasteiger partial charge in [0.15, 0.2) is 4.80 Å². The molecule has 0 bridgehead atoms. The number of aryl methyl sites for hydroxylation is 1. The van der Waals surface area contributed by atoms with E-state index in [1.54, 1.807) is 4.57 Å². The second-order valence-corrected chi connectivity index (χ2v) is 9.43. The van der Waals surface area contributed by atoms with Gasteiger partial charge < -0.3 is 0 Å². The Kier molecular flexibility index (Phi) is 5.30. The molecule has 0 N–H and O–H groups in total. The van der Waals surface area contributed by atoms with Gasteiger partial charge in [0, 0.05) is 4.47 Å². The summed E-state index contributed by atoms with van der Waals surface area (Å²) in [6.45, 7) is 2.06. The Morgan fingerprint density at radius 2 is 1.68 bits per heavy atom. The summed E-state index contributed by atoms with van der Waals surface area (Å²) < 4.78 is 3.50. The third kappa shape index (κ3) is 3.99. The highest BCUT2D eigenvalue weighted by atomic mass is 79.9. The minimum Gasteiger partial charge on any atom is -0.272 e. The van der Waals surface area contributed by atoms with Crippen LogP contribution in [0.4, 0.5) is 0 Å². The molecule has 0 saturated carbocycles. The van der Waals surface area contributed by atoms with Gasteiger partial charge in [0.2, 0.25) is 0 Å². The number of thiazole rings is 1. The summed E-state index contributed by atoms with van der Waals surface area (Å²) >= 11 is 4.94. The van der Waals surface area contributed by atoms with Crippen LogP contribution in [0.2, 0.25) is 0 Å². The van der Waals surface area contributed by atoms with E-state index in [-0.39, 0.29) is 11.6 Å². The van der Waals surface area contributed by atoms with Crippen LogP contribution in [0.5, 0.6) is 0 Å². The normalized spacial score (nSPS) is 15.9. The molecule has 3 nitrogen and oxygen atoms in total. The Balaban J connectivity index is 1.72. The molecule has 1 aliphatic heterocycles.